The van der Waals surface area contributed by atoms with Crippen LogP contribution >= 0.6 is 7.82 Å². The maximum atomic E-state index is 13.6. The number of carbonyl (C=O) groups is 2. The third kappa shape index (κ3) is 60.3. The number of likely N-dealkylation sites (N-methyl/N-ethyl adjacent to an activating group) is 1. The number of unbranched alkanes of at least 4 members (excludes halogenated alkanes) is 38. The van der Waals surface area contributed by atoms with Gasteiger partial charge in [0.1, 0.15) is 19.3 Å². The number of nitrogens with zero attached hydrogens (tertiary/aromatic N) is 1. The van der Waals surface area contributed by atoms with Gasteiger partial charge < -0.3 is 19.4 Å². The minimum absolute atomic E-state index is 0.0398. The molecule has 3 atom stereocenters. The summed E-state index contributed by atoms with van der Waals surface area (Å²) in [6.45, 7) is 7.02. The van der Waals surface area contributed by atoms with E-state index in [1.54, 1.807) is 0 Å². The van der Waals surface area contributed by atoms with Crippen LogP contribution < -0.4 is 5.32 Å². The number of esters is 1. The zero-order chi connectivity index (χ0) is 58.6. The maximum Gasteiger partial charge on any atom is 0.472 e. The van der Waals surface area contributed by atoms with Crippen molar-refractivity contribution in [1.82, 2.24) is 5.32 Å². The van der Waals surface area contributed by atoms with E-state index in [0.29, 0.717) is 17.4 Å². The number of ether oxygens (including phenoxy) is 1. The highest BCUT2D eigenvalue weighted by Crippen LogP contribution is 2.43. The van der Waals surface area contributed by atoms with E-state index in [2.05, 4.69) is 74.7 Å². The Bertz CT molecular complexity index is 1550. The first kappa shape index (κ1) is 77.7. The molecule has 0 radical (unpaired) electrons. The summed E-state index contributed by atoms with van der Waals surface area (Å²) in [6, 6.07) is -0.850. The van der Waals surface area contributed by atoms with Gasteiger partial charge in [-0.25, -0.2) is 4.57 Å². The largest absolute Gasteiger partial charge is 0.472 e. The molecule has 9 nitrogen and oxygen atoms in total. The summed E-state index contributed by atoms with van der Waals surface area (Å²) >= 11 is 0. The van der Waals surface area contributed by atoms with Crippen LogP contribution in [0.3, 0.4) is 0 Å². The number of phosphoric acid groups is 1. The first-order chi connectivity index (χ1) is 38.9. The quantitative estimate of drug-likeness (QED) is 0.0205. The number of rotatable bonds is 62. The second-order valence-electron chi connectivity index (χ2n) is 24.4. The van der Waals surface area contributed by atoms with E-state index in [4.69, 9.17) is 13.8 Å². The molecular weight excluding hydrogens is 1010 g/mol. The van der Waals surface area contributed by atoms with Crippen molar-refractivity contribution < 1.29 is 37.3 Å². The molecule has 0 rings (SSSR count). The zero-order valence-electron chi connectivity index (χ0n) is 53.6. The second kappa shape index (κ2) is 59.9. The van der Waals surface area contributed by atoms with Crippen molar-refractivity contribution in [3.05, 3.63) is 60.8 Å². The van der Waals surface area contributed by atoms with Crippen LogP contribution in [0.1, 0.15) is 323 Å². The summed E-state index contributed by atoms with van der Waals surface area (Å²) < 4.78 is 30.8. The van der Waals surface area contributed by atoms with E-state index in [1.165, 1.54) is 205 Å². The fourth-order valence-electron chi connectivity index (χ4n) is 9.93. The van der Waals surface area contributed by atoms with Crippen molar-refractivity contribution in [3.8, 4) is 0 Å². The molecule has 0 aromatic carbocycles. The van der Waals surface area contributed by atoms with E-state index in [0.717, 1.165) is 83.5 Å². The average molecular weight is 1140 g/mol. The summed E-state index contributed by atoms with van der Waals surface area (Å²) in [7, 11) is 1.50. The molecule has 0 aliphatic heterocycles. The van der Waals surface area contributed by atoms with E-state index in [-0.39, 0.29) is 31.5 Å². The van der Waals surface area contributed by atoms with Crippen LogP contribution in [0.2, 0.25) is 0 Å². The molecule has 10 heteroatoms. The molecule has 0 fully saturated rings. The van der Waals surface area contributed by atoms with Gasteiger partial charge in [0.2, 0.25) is 5.91 Å². The predicted molar refractivity (Wildman–Crippen MR) is 346 cm³/mol. The van der Waals surface area contributed by atoms with Gasteiger partial charge in [0.05, 0.1) is 33.8 Å². The van der Waals surface area contributed by atoms with Crippen molar-refractivity contribution in [1.29, 1.82) is 0 Å². The van der Waals surface area contributed by atoms with E-state index < -0.39 is 20.0 Å². The number of hydrogen-bond acceptors (Lipinski definition) is 6. The van der Waals surface area contributed by atoms with Crippen LogP contribution in [0.25, 0.3) is 0 Å². The molecule has 0 heterocycles. The number of allylic oxidation sites excluding steroid dienone is 9. The summed E-state index contributed by atoms with van der Waals surface area (Å²) in [6.07, 6.45) is 76.5. The molecular formula is C70H132N2O7P+. The van der Waals surface area contributed by atoms with Crippen LogP contribution in [-0.2, 0) is 27.9 Å². The third-order valence-corrected chi connectivity index (χ3v) is 16.2. The van der Waals surface area contributed by atoms with Gasteiger partial charge in [0.25, 0.3) is 0 Å². The van der Waals surface area contributed by atoms with Crippen molar-refractivity contribution in [2.75, 3.05) is 40.9 Å². The van der Waals surface area contributed by atoms with Gasteiger partial charge in [0, 0.05) is 12.8 Å². The SMILES string of the molecule is CCCCC/C=C\C/C=C\C/C=C\C/C=C\CCCCCCCCCCCC(=O)OC(/C=C/CCCCCCCCCCCC)C(COP(=O)(O)OCC[N+](C)(C)C)NC(=O)CCCCCCCCCCCCCCCCCCC. The molecule has 0 aromatic heterocycles. The normalized spacial score (nSPS) is 13.9. The minimum atomic E-state index is -4.45. The van der Waals surface area contributed by atoms with Crippen LogP contribution in [0.5, 0.6) is 0 Å². The highest BCUT2D eigenvalue weighted by molar-refractivity contribution is 7.47. The van der Waals surface area contributed by atoms with Gasteiger partial charge >= 0.3 is 13.8 Å². The second-order valence-corrected chi connectivity index (χ2v) is 25.8. The molecule has 0 saturated heterocycles. The molecule has 0 aliphatic carbocycles. The predicted octanol–water partition coefficient (Wildman–Crippen LogP) is 21.4. The first-order valence-corrected chi connectivity index (χ1v) is 35.6. The number of quaternary nitrogens is 1. The van der Waals surface area contributed by atoms with E-state index in [9.17, 15) is 19.0 Å². The van der Waals surface area contributed by atoms with Crippen LogP contribution in [0.4, 0.5) is 0 Å². The fraction of sp³-hybridized carbons (Fsp3) is 0.829. The molecule has 468 valence electrons. The van der Waals surface area contributed by atoms with Crippen molar-refractivity contribution >= 4 is 19.7 Å². The number of phosphoric ester groups is 1. The Hall–Kier alpha value is -2.29. The van der Waals surface area contributed by atoms with Gasteiger partial charge in [-0.3, -0.25) is 18.6 Å². The van der Waals surface area contributed by atoms with Crippen molar-refractivity contribution in [3.63, 3.8) is 0 Å². The monoisotopic (exact) mass is 1140 g/mol. The Kier molecular flexibility index (Phi) is 58.1. The van der Waals surface area contributed by atoms with Gasteiger partial charge in [-0.05, 0) is 76.7 Å². The summed E-state index contributed by atoms with van der Waals surface area (Å²) in [4.78, 5) is 37.8. The number of amides is 1. The Balaban J connectivity index is 5.11. The molecule has 3 unspecified atom stereocenters. The lowest BCUT2D eigenvalue weighted by molar-refractivity contribution is -0.870. The third-order valence-electron chi connectivity index (χ3n) is 15.2. The highest BCUT2D eigenvalue weighted by Gasteiger charge is 2.30. The van der Waals surface area contributed by atoms with Crippen LogP contribution in [0, 0.1) is 0 Å². The average Bonchev–Trinajstić information content (AvgIpc) is 3.42. The zero-order valence-corrected chi connectivity index (χ0v) is 54.5. The van der Waals surface area contributed by atoms with Crippen LogP contribution in [-0.4, -0.2) is 74.3 Å². The lowest BCUT2D eigenvalue weighted by Crippen LogP contribution is -2.47. The number of nitrogens with one attached hydrogen (secondary N) is 1. The summed E-state index contributed by atoms with van der Waals surface area (Å²) in [5, 5.41) is 3.07. The number of hydrogen-bond donors (Lipinski definition) is 2. The standard InChI is InChI=1S/C70H131N2O7P/c1-7-10-13-16-19-22-25-28-30-32-33-34-35-36-37-38-39-41-43-45-48-51-54-57-60-63-70(74)79-68(61-58-55-52-49-46-27-24-21-18-15-12-9-3)67(66-78-80(75,76)77-65-64-72(4,5)6)71-69(73)62-59-56-53-50-47-44-42-40-31-29-26-23-20-17-14-11-8-2/h19,22,28,30,33-34,36-37,58,61,67-68H,7-18,20-21,23-27,29,31-32,35,38-57,59-60,62-66H2,1-6H3,(H-,71,73,75,76)/p+1/b22-19-,30-28-,34-33-,37-36-,61-58+. The fourth-order valence-corrected chi connectivity index (χ4v) is 10.7. The summed E-state index contributed by atoms with van der Waals surface area (Å²) in [5.41, 5.74) is 0. The Labute approximate surface area is 496 Å². The highest BCUT2D eigenvalue weighted by atomic mass is 31.2. The lowest BCUT2D eigenvalue weighted by atomic mass is 10.0. The smallest absolute Gasteiger partial charge is 0.456 e. The molecule has 1 amide bonds. The first-order valence-electron chi connectivity index (χ1n) is 34.1. The van der Waals surface area contributed by atoms with Gasteiger partial charge in [-0.15, -0.1) is 0 Å². The molecule has 0 spiro atoms. The van der Waals surface area contributed by atoms with Crippen molar-refractivity contribution in [2.24, 2.45) is 0 Å². The molecule has 0 saturated carbocycles. The molecule has 0 bridgehead atoms. The maximum absolute atomic E-state index is 13.6. The van der Waals surface area contributed by atoms with Gasteiger partial charge in [-0.2, -0.15) is 0 Å². The molecule has 0 aliphatic rings. The Morgan fingerprint density at radius 3 is 1.16 bits per heavy atom. The minimum Gasteiger partial charge on any atom is -0.456 e. The van der Waals surface area contributed by atoms with Gasteiger partial charge in [-0.1, -0.05) is 294 Å². The molecule has 80 heavy (non-hydrogen) atoms. The topological polar surface area (TPSA) is 111 Å². The number of carbonyl (C=O) groups excluding carboxylic acids is 2. The van der Waals surface area contributed by atoms with Crippen LogP contribution in [0.15, 0.2) is 60.8 Å². The Morgan fingerprint density at radius 1 is 0.438 bits per heavy atom. The summed E-state index contributed by atoms with van der Waals surface area (Å²) in [5.74, 6) is -0.500. The molecule has 2 N–H and O–H groups in total. The lowest BCUT2D eigenvalue weighted by Gasteiger charge is -2.27. The van der Waals surface area contributed by atoms with E-state index in [1.807, 2.05) is 33.3 Å². The van der Waals surface area contributed by atoms with Gasteiger partial charge in [0.15, 0.2) is 0 Å². The molecule has 0 aromatic rings. The van der Waals surface area contributed by atoms with Crippen molar-refractivity contribution in [2.45, 2.75) is 335 Å². The Morgan fingerprint density at radius 2 is 0.762 bits per heavy atom. The van der Waals surface area contributed by atoms with E-state index >= 15 is 0 Å².